The number of hydrogen-bond donors (Lipinski definition) is 1. The number of halogens is 2. The van der Waals surface area contributed by atoms with Crippen LogP contribution in [0.1, 0.15) is 5.56 Å². The zero-order valence-corrected chi connectivity index (χ0v) is 18.5. The molecule has 0 spiro atoms. The summed E-state index contributed by atoms with van der Waals surface area (Å²) < 4.78 is 25.3. The van der Waals surface area contributed by atoms with Gasteiger partial charge >= 0.3 is 0 Å². The molecular formula is C18H16Cl2N4O3S2. The van der Waals surface area contributed by atoms with Gasteiger partial charge < -0.3 is 0 Å². The van der Waals surface area contributed by atoms with Crippen LogP contribution in [-0.2, 0) is 14.8 Å². The number of anilines is 2. The number of hydrogen-bond acceptors (Lipinski definition) is 6. The molecule has 0 radical (unpaired) electrons. The van der Waals surface area contributed by atoms with E-state index >= 15 is 0 Å². The van der Waals surface area contributed by atoms with Crippen LogP contribution in [0.4, 0.5) is 10.8 Å². The van der Waals surface area contributed by atoms with Crippen molar-refractivity contribution in [2.75, 3.05) is 22.4 Å². The van der Waals surface area contributed by atoms with E-state index in [1.807, 2.05) is 31.2 Å². The first-order valence-electron chi connectivity index (χ1n) is 8.27. The Bertz CT molecular complexity index is 1150. The molecule has 0 bridgehead atoms. The molecule has 1 amide bonds. The van der Waals surface area contributed by atoms with Crippen molar-refractivity contribution < 1.29 is 13.2 Å². The van der Waals surface area contributed by atoms with Crippen molar-refractivity contribution in [1.82, 2.24) is 10.2 Å². The molecule has 152 valence electrons. The fraction of sp³-hybridized carbons (Fsp3) is 0.167. The lowest BCUT2D eigenvalue weighted by Crippen LogP contribution is -2.37. The number of aryl methyl sites for hydroxylation is 1. The van der Waals surface area contributed by atoms with Crippen molar-refractivity contribution in [1.29, 1.82) is 0 Å². The van der Waals surface area contributed by atoms with Crippen molar-refractivity contribution in [3.63, 3.8) is 0 Å². The minimum Gasteiger partial charge on any atom is -0.299 e. The zero-order chi connectivity index (χ0) is 21.2. The van der Waals surface area contributed by atoms with Crippen LogP contribution in [0.3, 0.4) is 0 Å². The Labute approximate surface area is 182 Å². The van der Waals surface area contributed by atoms with Gasteiger partial charge in [0.25, 0.3) is 0 Å². The number of aromatic nitrogens is 2. The number of nitrogens with zero attached hydrogens (tertiary/aromatic N) is 3. The Morgan fingerprint density at radius 1 is 1.14 bits per heavy atom. The van der Waals surface area contributed by atoms with Crippen LogP contribution in [0, 0.1) is 6.92 Å². The van der Waals surface area contributed by atoms with Gasteiger partial charge in [0, 0.05) is 5.56 Å². The van der Waals surface area contributed by atoms with Crippen molar-refractivity contribution in [2.24, 2.45) is 0 Å². The molecule has 11 heteroatoms. The van der Waals surface area contributed by atoms with Crippen molar-refractivity contribution in [2.45, 2.75) is 6.92 Å². The summed E-state index contributed by atoms with van der Waals surface area (Å²) in [5.74, 6) is -0.585. The lowest BCUT2D eigenvalue weighted by Gasteiger charge is -2.22. The highest BCUT2D eigenvalue weighted by atomic mass is 35.5. The monoisotopic (exact) mass is 470 g/mol. The summed E-state index contributed by atoms with van der Waals surface area (Å²) in [6.07, 6.45) is 0.984. The minimum atomic E-state index is -3.79. The van der Waals surface area contributed by atoms with Gasteiger partial charge in [-0.1, -0.05) is 70.4 Å². The highest BCUT2D eigenvalue weighted by Crippen LogP contribution is 2.33. The fourth-order valence-corrected chi connectivity index (χ4v) is 4.52. The lowest BCUT2D eigenvalue weighted by atomic mass is 10.2. The fourth-order valence-electron chi connectivity index (χ4n) is 2.44. The molecule has 2 aromatic carbocycles. The Morgan fingerprint density at radius 2 is 1.83 bits per heavy atom. The van der Waals surface area contributed by atoms with Crippen LogP contribution in [0.15, 0.2) is 42.5 Å². The quantitative estimate of drug-likeness (QED) is 0.581. The highest BCUT2D eigenvalue weighted by molar-refractivity contribution is 7.92. The van der Waals surface area contributed by atoms with E-state index in [4.69, 9.17) is 23.2 Å². The van der Waals surface area contributed by atoms with Gasteiger partial charge in [-0.25, -0.2) is 8.42 Å². The largest absolute Gasteiger partial charge is 0.299 e. The van der Waals surface area contributed by atoms with Gasteiger partial charge in [-0.05, 0) is 19.1 Å². The molecule has 0 aliphatic carbocycles. The van der Waals surface area contributed by atoms with Gasteiger partial charge in [0.15, 0.2) is 0 Å². The summed E-state index contributed by atoms with van der Waals surface area (Å²) >= 11 is 13.3. The number of amides is 1. The third-order valence-electron chi connectivity index (χ3n) is 3.86. The highest BCUT2D eigenvalue weighted by Gasteiger charge is 2.24. The van der Waals surface area contributed by atoms with Crippen LogP contribution in [0.2, 0.25) is 10.0 Å². The smallest absolute Gasteiger partial charge is 0.246 e. The molecule has 1 aromatic heterocycles. The number of sulfonamides is 1. The minimum absolute atomic E-state index is 0.0463. The topological polar surface area (TPSA) is 92.3 Å². The van der Waals surface area contributed by atoms with E-state index in [2.05, 4.69) is 15.5 Å². The van der Waals surface area contributed by atoms with E-state index in [0.29, 0.717) is 5.01 Å². The maximum atomic E-state index is 12.5. The molecule has 0 aliphatic rings. The molecule has 7 nitrogen and oxygen atoms in total. The van der Waals surface area contributed by atoms with Crippen molar-refractivity contribution in [3.8, 4) is 10.6 Å². The molecule has 1 N–H and O–H groups in total. The maximum absolute atomic E-state index is 12.5. The van der Waals surface area contributed by atoms with Gasteiger partial charge in [0.05, 0.1) is 22.0 Å². The molecule has 0 aliphatic heterocycles. The lowest BCUT2D eigenvalue weighted by molar-refractivity contribution is -0.114. The van der Waals surface area contributed by atoms with Crippen LogP contribution >= 0.6 is 34.5 Å². The van der Waals surface area contributed by atoms with Gasteiger partial charge in [-0.2, -0.15) is 0 Å². The summed E-state index contributed by atoms with van der Waals surface area (Å²) in [6.45, 7) is 1.49. The SMILES string of the molecule is Cc1ccc(-c2nnc(NC(=O)CN(c3cccc(Cl)c3Cl)S(C)(=O)=O)s2)cc1. The first kappa shape index (κ1) is 21.5. The first-order valence-corrected chi connectivity index (χ1v) is 11.7. The molecule has 0 saturated heterocycles. The van der Waals surface area contributed by atoms with E-state index < -0.39 is 22.5 Å². The van der Waals surface area contributed by atoms with E-state index in [0.717, 1.165) is 21.7 Å². The number of nitrogens with one attached hydrogen (secondary N) is 1. The molecular weight excluding hydrogens is 455 g/mol. The van der Waals surface area contributed by atoms with Gasteiger partial charge in [0.2, 0.25) is 21.1 Å². The molecule has 1 heterocycles. The van der Waals surface area contributed by atoms with E-state index in [1.54, 1.807) is 6.07 Å². The third kappa shape index (κ3) is 5.24. The van der Waals surface area contributed by atoms with Crippen LogP contribution in [-0.4, -0.2) is 37.3 Å². The number of carbonyl (C=O) groups excluding carboxylic acids is 1. The summed E-state index contributed by atoms with van der Waals surface area (Å²) in [4.78, 5) is 12.5. The molecule has 3 aromatic rings. The zero-order valence-electron chi connectivity index (χ0n) is 15.4. The van der Waals surface area contributed by atoms with Crippen molar-refractivity contribution >= 4 is 61.3 Å². The van der Waals surface area contributed by atoms with E-state index in [1.165, 1.54) is 23.5 Å². The molecule has 0 unspecified atom stereocenters. The third-order valence-corrected chi connectivity index (χ3v) is 6.68. The second-order valence-electron chi connectivity index (χ2n) is 6.17. The second-order valence-corrected chi connectivity index (χ2v) is 9.84. The number of benzene rings is 2. The predicted octanol–water partition coefficient (Wildman–Crippen LogP) is 4.23. The number of carbonyl (C=O) groups is 1. The Morgan fingerprint density at radius 3 is 2.48 bits per heavy atom. The van der Waals surface area contributed by atoms with Gasteiger partial charge in [0.1, 0.15) is 11.6 Å². The Kier molecular flexibility index (Phi) is 6.42. The molecule has 0 atom stereocenters. The van der Waals surface area contributed by atoms with Gasteiger partial charge in [-0.15, -0.1) is 10.2 Å². The summed E-state index contributed by atoms with van der Waals surface area (Å²) in [7, 11) is -3.79. The first-order chi connectivity index (χ1) is 13.6. The van der Waals surface area contributed by atoms with Crippen molar-refractivity contribution in [3.05, 3.63) is 58.1 Å². The summed E-state index contributed by atoms with van der Waals surface area (Å²) in [5, 5.41) is 11.7. The Hall–Kier alpha value is -2.20. The van der Waals surface area contributed by atoms with Crippen LogP contribution in [0.5, 0.6) is 0 Å². The second kappa shape index (κ2) is 8.66. The molecule has 29 heavy (non-hydrogen) atoms. The molecule has 3 rings (SSSR count). The Balaban J connectivity index is 1.78. The molecule has 0 fully saturated rings. The van der Waals surface area contributed by atoms with Gasteiger partial charge in [-0.3, -0.25) is 14.4 Å². The summed E-state index contributed by atoms with van der Waals surface area (Å²) in [5.41, 5.74) is 2.11. The predicted molar refractivity (Wildman–Crippen MR) is 117 cm³/mol. The van der Waals surface area contributed by atoms with Crippen LogP contribution < -0.4 is 9.62 Å². The normalized spacial score (nSPS) is 11.3. The average Bonchev–Trinajstić information content (AvgIpc) is 3.10. The van der Waals surface area contributed by atoms with E-state index in [9.17, 15) is 13.2 Å². The van der Waals surface area contributed by atoms with E-state index in [-0.39, 0.29) is 20.9 Å². The molecule has 0 saturated carbocycles. The average molecular weight is 471 g/mol. The number of rotatable bonds is 6. The van der Waals surface area contributed by atoms with Crippen LogP contribution in [0.25, 0.3) is 10.6 Å². The standard InChI is InChI=1S/C18H16Cl2N4O3S2/c1-11-6-8-12(9-7-11)17-22-23-18(28-17)21-15(25)10-24(29(2,26)27)14-5-3-4-13(19)16(14)20/h3-9H,10H2,1-2H3,(H,21,23,25). The maximum Gasteiger partial charge on any atom is 0.246 e. The summed E-state index contributed by atoms with van der Waals surface area (Å²) in [6, 6.07) is 12.3.